The standard InChI is InChI=1S/C16H22N2O2/c19-16(20)8-10-18-13-11-17(12-14-18)9-4-7-15-5-2-1-3-6-15/h1-7H,8-14H2,(H,19,20). The first kappa shape index (κ1) is 14.8. The molecule has 1 fully saturated rings. The molecule has 20 heavy (non-hydrogen) atoms. The molecule has 0 spiro atoms. The minimum atomic E-state index is -0.710. The van der Waals surface area contributed by atoms with Crippen molar-refractivity contribution in [2.45, 2.75) is 6.42 Å². The van der Waals surface area contributed by atoms with Gasteiger partial charge in [0.15, 0.2) is 0 Å². The van der Waals surface area contributed by atoms with Gasteiger partial charge in [0.25, 0.3) is 0 Å². The van der Waals surface area contributed by atoms with E-state index in [-0.39, 0.29) is 6.42 Å². The van der Waals surface area contributed by atoms with Crippen molar-refractivity contribution < 1.29 is 9.90 Å². The molecular formula is C16H22N2O2. The minimum absolute atomic E-state index is 0.244. The Balaban J connectivity index is 1.67. The third-order valence-electron chi connectivity index (χ3n) is 3.58. The molecule has 4 heteroatoms. The summed E-state index contributed by atoms with van der Waals surface area (Å²) in [6.07, 6.45) is 4.59. The number of hydrogen-bond acceptors (Lipinski definition) is 3. The molecule has 0 atom stereocenters. The Morgan fingerprint density at radius 3 is 2.40 bits per heavy atom. The van der Waals surface area contributed by atoms with Gasteiger partial charge in [-0.15, -0.1) is 0 Å². The highest BCUT2D eigenvalue weighted by Crippen LogP contribution is 2.05. The fraction of sp³-hybridized carbons (Fsp3) is 0.438. The average Bonchev–Trinajstić information content (AvgIpc) is 2.47. The molecule has 0 bridgehead atoms. The molecule has 0 aliphatic carbocycles. The van der Waals surface area contributed by atoms with Gasteiger partial charge in [0.1, 0.15) is 0 Å². The molecule has 0 radical (unpaired) electrons. The molecular weight excluding hydrogens is 252 g/mol. The first-order valence-electron chi connectivity index (χ1n) is 7.12. The highest BCUT2D eigenvalue weighted by molar-refractivity contribution is 5.66. The van der Waals surface area contributed by atoms with Gasteiger partial charge in [-0.05, 0) is 5.56 Å². The fourth-order valence-corrected chi connectivity index (χ4v) is 2.35. The van der Waals surface area contributed by atoms with Gasteiger partial charge in [0.05, 0.1) is 6.42 Å². The summed E-state index contributed by atoms with van der Waals surface area (Å²) in [5.41, 5.74) is 1.23. The van der Waals surface area contributed by atoms with Crippen molar-refractivity contribution in [2.75, 3.05) is 39.3 Å². The summed E-state index contributed by atoms with van der Waals surface area (Å²) < 4.78 is 0. The SMILES string of the molecule is O=C(O)CCN1CCN(CC=Cc2ccccc2)CC1. The summed E-state index contributed by atoms with van der Waals surface area (Å²) in [5, 5.41) is 8.67. The fourth-order valence-electron chi connectivity index (χ4n) is 2.35. The van der Waals surface area contributed by atoms with Crippen molar-refractivity contribution in [1.29, 1.82) is 0 Å². The molecule has 1 heterocycles. The van der Waals surface area contributed by atoms with Gasteiger partial charge >= 0.3 is 5.97 Å². The Morgan fingerprint density at radius 1 is 1.10 bits per heavy atom. The van der Waals surface area contributed by atoms with Crippen LogP contribution in [0.15, 0.2) is 36.4 Å². The highest BCUT2D eigenvalue weighted by atomic mass is 16.4. The summed E-state index contributed by atoms with van der Waals surface area (Å²) in [7, 11) is 0. The number of rotatable bonds is 6. The maximum absolute atomic E-state index is 10.5. The number of benzene rings is 1. The van der Waals surface area contributed by atoms with Crippen molar-refractivity contribution in [2.24, 2.45) is 0 Å². The van der Waals surface area contributed by atoms with Crippen LogP contribution in [0.1, 0.15) is 12.0 Å². The Bertz CT molecular complexity index is 437. The molecule has 1 saturated heterocycles. The van der Waals surface area contributed by atoms with Crippen LogP contribution in [-0.4, -0.2) is 60.1 Å². The normalized spacial score (nSPS) is 17.6. The van der Waals surface area contributed by atoms with Crippen LogP contribution >= 0.6 is 0 Å². The maximum atomic E-state index is 10.5. The van der Waals surface area contributed by atoms with Gasteiger partial charge in [0.2, 0.25) is 0 Å². The van der Waals surface area contributed by atoms with E-state index in [0.29, 0.717) is 6.54 Å². The zero-order valence-electron chi connectivity index (χ0n) is 11.7. The van der Waals surface area contributed by atoms with E-state index in [9.17, 15) is 4.79 Å². The lowest BCUT2D eigenvalue weighted by Gasteiger charge is -2.33. The molecule has 0 unspecified atom stereocenters. The summed E-state index contributed by atoms with van der Waals surface area (Å²) in [6.45, 7) is 5.58. The van der Waals surface area contributed by atoms with Crippen LogP contribution in [0, 0.1) is 0 Å². The molecule has 1 aliphatic rings. The van der Waals surface area contributed by atoms with Crippen molar-refractivity contribution in [3.63, 3.8) is 0 Å². The number of aliphatic carboxylic acids is 1. The van der Waals surface area contributed by atoms with Crippen LogP contribution in [0.2, 0.25) is 0 Å². The minimum Gasteiger partial charge on any atom is -0.481 e. The molecule has 1 aromatic rings. The van der Waals surface area contributed by atoms with Crippen molar-refractivity contribution in [3.05, 3.63) is 42.0 Å². The predicted molar refractivity (Wildman–Crippen MR) is 80.6 cm³/mol. The topological polar surface area (TPSA) is 43.8 Å². The summed E-state index contributed by atoms with van der Waals surface area (Å²) in [5.74, 6) is -0.710. The predicted octanol–water partition coefficient (Wildman–Crippen LogP) is 1.79. The Labute approximate surface area is 120 Å². The van der Waals surface area contributed by atoms with Crippen molar-refractivity contribution in [1.82, 2.24) is 9.80 Å². The summed E-state index contributed by atoms with van der Waals surface area (Å²) in [4.78, 5) is 15.2. The van der Waals surface area contributed by atoms with Gasteiger partial charge in [-0.1, -0.05) is 42.5 Å². The highest BCUT2D eigenvalue weighted by Gasteiger charge is 2.15. The van der Waals surface area contributed by atoms with Crippen LogP contribution in [0.25, 0.3) is 6.08 Å². The zero-order valence-corrected chi connectivity index (χ0v) is 11.7. The first-order valence-corrected chi connectivity index (χ1v) is 7.12. The Kier molecular flexibility index (Phi) is 5.77. The number of carboxylic acid groups (broad SMARTS) is 1. The van der Waals surface area contributed by atoms with Crippen LogP contribution in [-0.2, 0) is 4.79 Å². The van der Waals surface area contributed by atoms with Crippen LogP contribution in [0.3, 0.4) is 0 Å². The zero-order chi connectivity index (χ0) is 14.2. The smallest absolute Gasteiger partial charge is 0.304 e. The second-order valence-electron chi connectivity index (χ2n) is 5.10. The van der Waals surface area contributed by atoms with E-state index in [2.05, 4.69) is 34.1 Å². The number of carboxylic acids is 1. The molecule has 2 rings (SSSR count). The van der Waals surface area contributed by atoms with E-state index >= 15 is 0 Å². The van der Waals surface area contributed by atoms with Gasteiger partial charge in [-0.3, -0.25) is 9.69 Å². The second kappa shape index (κ2) is 7.82. The summed E-state index contributed by atoms with van der Waals surface area (Å²) >= 11 is 0. The van der Waals surface area contributed by atoms with E-state index in [4.69, 9.17) is 5.11 Å². The largest absolute Gasteiger partial charge is 0.481 e. The van der Waals surface area contributed by atoms with E-state index < -0.39 is 5.97 Å². The Hall–Kier alpha value is -1.65. The monoisotopic (exact) mass is 274 g/mol. The van der Waals surface area contributed by atoms with Crippen molar-refractivity contribution in [3.8, 4) is 0 Å². The van der Waals surface area contributed by atoms with E-state index in [1.807, 2.05) is 18.2 Å². The molecule has 1 aromatic carbocycles. The van der Waals surface area contributed by atoms with E-state index in [1.165, 1.54) is 5.56 Å². The number of piperazine rings is 1. The molecule has 0 saturated carbocycles. The quantitative estimate of drug-likeness (QED) is 0.859. The Morgan fingerprint density at radius 2 is 1.75 bits per heavy atom. The lowest BCUT2D eigenvalue weighted by atomic mass is 10.2. The number of carbonyl (C=O) groups is 1. The van der Waals surface area contributed by atoms with Crippen LogP contribution < -0.4 is 0 Å². The van der Waals surface area contributed by atoms with Gasteiger partial charge in [0, 0.05) is 39.3 Å². The third-order valence-corrected chi connectivity index (χ3v) is 3.58. The average molecular weight is 274 g/mol. The van der Waals surface area contributed by atoms with Gasteiger partial charge in [-0.25, -0.2) is 0 Å². The molecule has 1 N–H and O–H groups in total. The van der Waals surface area contributed by atoms with Crippen molar-refractivity contribution >= 4 is 12.0 Å². The van der Waals surface area contributed by atoms with Crippen LogP contribution in [0.4, 0.5) is 0 Å². The number of nitrogens with zero attached hydrogens (tertiary/aromatic N) is 2. The van der Waals surface area contributed by atoms with Gasteiger partial charge < -0.3 is 10.0 Å². The second-order valence-corrected chi connectivity index (χ2v) is 5.10. The van der Waals surface area contributed by atoms with E-state index in [0.717, 1.165) is 32.7 Å². The summed E-state index contributed by atoms with van der Waals surface area (Å²) in [6, 6.07) is 10.3. The number of hydrogen-bond donors (Lipinski definition) is 1. The lowest BCUT2D eigenvalue weighted by molar-refractivity contribution is -0.137. The lowest BCUT2D eigenvalue weighted by Crippen LogP contribution is -2.46. The molecule has 4 nitrogen and oxygen atoms in total. The first-order chi connectivity index (χ1) is 9.74. The molecule has 108 valence electrons. The maximum Gasteiger partial charge on any atom is 0.304 e. The van der Waals surface area contributed by atoms with Gasteiger partial charge in [-0.2, -0.15) is 0 Å². The van der Waals surface area contributed by atoms with Crippen LogP contribution in [0.5, 0.6) is 0 Å². The third kappa shape index (κ3) is 5.15. The molecule has 0 amide bonds. The molecule has 1 aliphatic heterocycles. The van der Waals surface area contributed by atoms with E-state index in [1.54, 1.807) is 0 Å². The molecule has 0 aromatic heterocycles.